The SMILES string of the molecule is Cl.Cl.OC[C@@H](O)CN1CCCC2(CCNCC2)C1. The van der Waals surface area contributed by atoms with Gasteiger partial charge in [0.15, 0.2) is 0 Å². The number of β-amino-alcohol motifs (C(OH)–C–C–N with tert-alkyl or cyclic N) is 1. The lowest BCUT2D eigenvalue weighted by Gasteiger charge is -2.45. The number of rotatable bonds is 3. The van der Waals surface area contributed by atoms with Crippen LogP contribution in [-0.4, -0.2) is 60.5 Å². The van der Waals surface area contributed by atoms with Crippen molar-refractivity contribution < 1.29 is 10.2 Å². The number of nitrogens with one attached hydrogen (secondary N) is 1. The number of aliphatic hydroxyl groups is 2. The number of hydrogen-bond donors (Lipinski definition) is 3. The second-order valence-corrected chi connectivity index (χ2v) is 5.43. The molecule has 3 N–H and O–H groups in total. The predicted molar refractivity (Wildman–Crippen MR) is 77.8 cm³/mol. The van der Waals surface area contributed by atoms with Crippen molar-refractivity contribution in [1.29, 1.82) is 0 Å². The lowest BCUT2D eigenvalue weighted by molar-refractivity contribution is 0.0106. The molecular formula is C12H26Cl2N2O2. The molecule has 0 bridgehead atoms. The van der Waals surface area contributed by atoms with Gasteiger partial charge in [-0.1, -0.05) is 0 Å². The first kappa shape index (κ1) is 18.4. The summed E-state index contributed by atoms with van der Waals surface area (Å²) in [5.74, 6) is 0. The summed E-state index contributed by atoms with van der Waals surface area (Å²) in [6.07, 6.45) is 4.52. The van der Waals surface area contributed by atoms with Crippen molar-refractivity contribution >= 4 is 24.8 Å². The molecule has 0 aromatic rings. The molecule has 0 aromatic carbocycles. The van der Waals surface area contributed by atoms with E-state index in [4.69, 9.17) is 5.11 Å². The van der Waals surface area contributed by atoms with Crippen LogP contribution in [0.2, 0.25) is 0 Å². The van der Waals surface area contributed by atoms with Gasteiger partial charge in [0.05, 0.1) is 12.7 Å². The third kappa shape index (κ3) is 4.83. The van der Waals surface area contributed by atoms with Crippen LogP contribution >= 0.6 is 24.8 Å². The summed E-state index contributed by atoms with van der Waals surface area (Å²) in [6.45, 7) is 4.96. The Labute approximate surface area is 122 Å². The highest BCUT2D eigenvalue weighted by Gasteiger charge is 2.36. The van der Waals surface area contributed by atoms with E-state index in [1.807, 2.05) is 0 Å². The van der Waals surface area contributed by atoms with E-state index in [1.165, 1.54) is 25.7 Å². The summed E-state index contributed by atoms with van der Waals surface area (Å²) in [4.78, 5) is 2.33. The molecule has 0 unspecified atom stereocenters. The van der Waals surface area contributed by atoms with Crippen LogP contribution in [0.15, 0.2) is 0 Å². The minimum atomic E-state index is -0.572. The predicted octanol–water partition coefficient (Wildman–Crippen LogP) is 0.649. The molecule has 2 fully saturated rings. The van der Waals surface area contributed by atoms with Gasteiger partial charge in [-0.3, -0.25) is 0 Å². The molecular weight excluding hydrogens is 275 g/mol. The second kappa shape index (κ2) is 8.56. The molecule has 2 aliphatic rings. The van der Waals surface area contributed by atoms with Crippen molar-refractivity contribution in [1.82, 2.24) is 10.2 Å². The molecule has 2 saturated heterocycles. The Hall–Kier alpha value is 0.420. The molecule has 110 valence electrons. The van der Waals surface area contributed by atoms with Crippen molar-refractivity contribution in [2.24, 2.45) is 5.41 Å². The molecule has 6 heteroatoms. The number of likely N-dealkylation sites (tertiary alicyclic amines) is 1. The van der Waals surface area contributed by atoms with Gasteiger partial charge in [-0.15, -0.1) is 24.8 Å². The minimum Gasteiger partial charge on any atom is -0.394 e. The first-order chi connectivity index (χ1) is 7.74. The van der Waals surface area contributed by atoms with Crippen LogP contribution < -0.4 is 5.32 Å². The van der Waals surface area contributed by atoms with Gasteiger partial charge < -0.3 is 20.4 Å². The Balaban J connectivity index is 0.00000144. The fourth-order valence-corrected chi connectivity index (χ4v) is 3.19. The van der Waals surface area contributed by atoms with Crippen molar-refractivity contribution in [2.45, 2.75) is 31.8 Å². The van der Waals surface area contributed by atoms with Crippen LogP contribution in [-0.2, 0) is 0 Å². The van der Waals surface area contributed by atoms with Crippen molar-refractivity contribution in [2.75, 3.05) is 39.3 Å². The summed E-state index contributed by atoms with van der Waals surface area (Å²) < 4.78 is 0. The maximum atomic E-state index is 9.49. The van der Waals surface area contributed by atoms with Crippen LogP contribution in [0.3, 0.4) is 0 Å². The first-order valence-electron chi connectivity index (χ1n) is 6.46. The van der Waals surface area contributed by atoms with Crippen molar-refractivity contribution in [3.05, 3.63) is 0 Å². The lowest BCUT2D eigenvalue weighted by Crippen LogP contribution is -2.50. The van der Waals surface area contributed by atoms with Gasteiger partial charge >= 0.3 is 0 Å². The molecule has 1 spiro atoms. The molecule has 0 saturated carbocycles. The second-order valence-electron chi connectivity index (χ2n) is 5.43. The summed E-state index contributed by atoms with van der Waals surface area (Å²) in [7, 11) is 0. The molecule has 0 aliphatic carbocycles. The van der Waals surface area contributed by atoms with Crippen LogP contribution in [0.4, 0.5) is 0 Å². The third-order valence-electron chi connectivity index (χ3n) is 4.08. The normalized spacial score (nSPS) is 25.0. The van der Waals surface area contributed by atoms with Gasteiger partial charge in [-0.05, 0) is 50.7 Å². The topological polar surface area (TPSA) is 55.7 Å². The average molecular weight is 301 g/mol. The molecule has 0 aromatic heterocycles. The van der Waals surface area contributed by atoms with Crippen molar-refractivity contribution in [3.8, 4) is 0 Å². The third-order valence-corrected chi connectivity index (χ3v) is 4.08. The van der Waals surface area contributed by atoms with E-state index >= 15 is 0 Å². The highest BCUT2D eigenvalue weighted by molar-refractivity contribution is 5.85. The molecule has 2 aliphatic heterocycles. The van der Waals surface area contributed by atoms with E-state index in [0.29, 0.717) is 12.0 Å². The largest absolute Gasteiger partial charge is 0.394 e. The van der Waals surface area contributed by atoms with Crippen LogP contribution in [0.25, 0.3) is 0 Å². The van der Waals surface area contributed by atoms with E-state index < -0.39 is 6.10 Å². The highest BCUT2D eigenvalue weighted by atomic mass is 35.5. The van der Waals surface area contributed by atoms with Crippen molar-refractivity contribution in [3.63, 3.8) is 0 Å². The van der Waals surface area contributed by atoms with Gasteiger partial charge in [0.1, 0.15) is 0 Å². The van der Waals surface area contributed by atoms with Gasteiger partial charge in [0.25, 0.3) is 0 Å². The molecule has 2 heterocycles. The van der Waals surface area contributed by atoms with E-state index in [-0.39, 0.29) is 31.4 Å². The maximum Gasteiger partial charge on any atom is 0.0897 e. The van der Waals surface area contributed by atoms with E-state index in [0.717, 1.165) is 26.2 Å². The Kier molecular flexibility index (Phi) is 8.76. The molecule has 18 heavy (non-hydrogen) atoms. The molecule has 0 radical (unpaired) electrons. The number of halogens is 2. The number of piperidine rings is 2. The van der Waals surface area contributed by atoms with E-state index in [9.17, 15) is 5.11 Å². The summed E-state index contributed by atoms with van der Waals surface area (Å²) in [5.41, 5.74) is 0.485. The zero-order valence-electron chi connectivity index (χ0n) is 10.8. The Bertz CT molecular complexity index is 221. The Morgan fingerprint density at radius 1 is 1.17 bits per heavy atom. The van der Waals surface area contributed by atoms with E-state index in [1.54, 1.807) is 0 Å². The standard InChI is InChI=1S/C12H24N2O2.2ClH/c15-9-11(16)8-14-7-1-2-12(10-14)3-5-13-6-4-12;;/h11,13,15-16H,1-10H2;2*1H/t11-;;/m0../s1. The smallest absolute Gasteiger partial charge is 0.0897 e. The Morgan fingerprint density at radius 3 is 2.44 bits per heavy atom. The summed E-state index contributed by atoms with van der Waals surface area (Å²) >= 11 is 0. The fraction of sp³-hybridized carbons (Fsp3) is 1.00. The monoisotopic (exact) mass is 300 g/mol. The van der Waals surface area contributed by atoms with Gasteiger partial charge in [-0.25, -0.2) is 0 Å². The maximum absolute atomic E-state index is 9.49. The lowest BCUT2D eigenvalue weighted by atomic mass is 9.73. The fourth-order valence-electron chi connectivity index (χ4n) is 3.19. The zero-order chi connectivity index (χ0) is 11.4. The molecule has 0 amide bonds. The van der Waals surface area contributed by atoms with E-state index in [2.05, 4.69) is 10.2 Å². The number of nitrogens with zero attached hydrogens (tertiary/aromatic N) is 1. The molecule has 2 rings (SSSR count). The zero-order valence-corrected chi connectivity index (χ0v) is 12.4. The molecule has 1 atom stereocenters. The van der Waals surface area contributed by atoms with Gasteiger partial charge in [0.2, 0.25) is 0 Å². The highest BCUT2D eigenvalue weighted by Crippen LogP contribution is 2.37. The number of aliphatic hydroxyl groups excluding tert-OH is 2. The number of hydrogen-bond acceptors (Lipinski definition) is 4. The van der Waals surface area contributed by atoms with Crippen LogP contribution in [0, 0.1) is 5.41 Å². The van der Waals surface area contributed by atoms with Crippen LogP contribution in [0.1, 0.15) is 25.7 Å². The van der Waals surface area contributed by atoms with Gasteiger partial charge in [0, 0.05) is 13.1 Å². The Morgan fingerprint density at radius 2 is 1.83 bits per heavy atom. The first-order valence-corrected chi connectivity index (χ1v) is 6.46. The minimum absolute atomic E-state index is 0. The quantitative estimate of drug-likeness (QED) is 0.716. The summed E-state index contributed by atoms with van der Waals surface area (Å²) in [6, 6.07) is 0. The molecule has 4 nitrogen and oxygen atoms in total. The van der Waals surface area contributed by atoms with Gasteiger partial charge in [-0.2, -0.15) is 0 Å². The average Bonchev–Trinajstić information content (AvgIpc) is 2.30. The van der Waals surface area contributed by atoms with Crippen LogP contribution in [0.5, 0.6) is 0 Å². The summed E-state index contributed by atoms with van der Waals surface area (Å²) in [5, 5.41) is 21.8.